The fourth-order valence-corrected chi connectivity index (χ4v) is 3.65. The van der Waals surface area contributed by atoms with Crippen molar-refractivity contribution in [3.05, 3.63) is 60.3 Å². The fourth-order valence-electron chi connectivity index (χ4n) is 3.65. The minimum Gasteiger partial charge on any atom is -0.365 e. The van der Waals surface area contributed by atoms with Crippen molar-refractivity contribution in [2.24, 2.45) is 0 Å². The van der Waals surface area contributed by atoms with Gasteiger partial charge < -0.3 is 14.8 Å². The molecule has 1 atom stereocenters. The van der Waals surface area contributed by atoms with Crippen LogP contribution in [0.15, 0.2) is 48.9 Å². The number of hydrogen-bond acceptors (Lipinski definition) is 4. The molecule has 3 heterocycles. The van der Waals surface area contributed by atoms with E-state index in [1.54, 1.807) is 12.1 Å². The third kappa shape index (κ3) is 3.64. The summed E-state index contributed by atoms with van der Waals surface area (Å²) in [4.78, 5) is 11.8. The molecular formula is C22H26FN5. The molecule has 1 aliphatic heterocycles. The van der Waals surface area contributed by atoms with Crippen LogP contribution in [0.2, 0.25) is 0 Å². The zero-order valence-electron chi connectivity index (χ0n) is 16.6. The van der Waals surface area contributed by atoms with Crippen LogP contribution in [-0.4, -0.2) is 40.2 Å². The lowest BCUT2D eigenvalue weighted by molar-refractivity contribution is 0.501. The molecule has 1 N–H and O–H groups in total. The van der Waals surface area contributed by atoms with Gasteiger partial charge in [0.2, 0.25) is 0 Å². The van der Waals surface area contributed by atoms with Crippen LogP contribution in [0.4, 0.5) is 10.1 Å². The maximum atomic E-state index is 13.3. The molecule has 1 aromatic carbocycles. The quantitative estimate of drug-likeness (QED) is 0.744. The summed E-state index contributed by atoms with van der Waals surface area (Å²) in [6.07, 6.45) is 6.09. The predicted molar refractivity (Wildman–Crippen MR) is 111 cm³/mol. The monoisotopic (exact) mass is 379 g/mol. The molecule has 3 aromatic rings. The number of piperazine rings is 1. The van der Waals surface area contributed by atoms with E-state index in [1.165, 1.54) is 17.8 Å². The van der Waals surface area contributed by atoms with Crippen molar-refractivity contribution in [3.63, 3.8) is 0 Å². The smallest absolute Gasteiger partial charge is 0.161 e. The summed E-state index contributed by atoms with van der Waals surface area (Å²) in [5.41, 5.74) is 3.09. The Morgan fingerprint density at radius 2 is 1.96 bits per heavy atom. The fraction of sp³-hybridized carbons (Fsp3) is 0.364. The second kappa shape index (κ2) is 7.72. The molecule has 0 spiro atoms. The van der Waals surface area contributed by atoms with E-state index in [1.807, 2.05) is 6.20 Å². The first kappa shape index (κ1) is 18.6. The lowest BCUT2D eigenvalue weighted by Crippen LogP contribution is -2.49. The molecule has 146 valence electrons. The first-order valence-corrected chi connectivity index (χ1v) is 9.81. The van der Waals surface area contributed by atoms with Crippen LogP contribution in [0.3, 0.4) is 0 Å². The number of anilines is 1. The molecule has 1 fully saturated rings. The van der Waals surface area contributed by atoms with Gasteiger partial charge in [0.25, 0.3) is 0 Å². The summed E-state index contributed by atoms with van der Waals surface area (Å²) >= 11 is 0. The molecule has 5 nitrogen and oxygen atoms in total. The first-order valence-electron chi connectivity index (χ1n) is 9.81. The highest BCUT2D eigenvalue weighted by Gasteiger charge is 2.20. The summed E-state index contributed by atoms with van der Waals surface area (Å²) in [7, 11) is 0. The van der Waals surface area contributed by atoms with Gasteiger partial charge in [-0.15, -0.1) is 0 Å². The normalized spacial score (nSPS) is 17.3. The summed E-state index contributed by atoms with van der Waals surface area (Å²) in [6, 6.07) is 8.91. The van der Waals surface area contributed by atoms with Gasteiger partial charge in [-0.05, 0) is 43.2 Å². The first-order chi connectivity index (χ1) is 13.5. The van der Waals surface area contributed by atoms with Crippen molar-refractivity contribution in [1.29, 1.82) is 0 Å². The summed E-state index contributed by atoms with van der Waals surface area (Å²) in [5.74, 6) is 1.51. The third-order valence-corrected chi connectivity index (χ3v) is 5.28. The Morgan fingerprint density at radius 1 is 1.18 bits per heavy atom. The Labute approximate surface area is 165 Å². The van der Waals surface area contributed by atoms with E-state index >= 15 is 0 Å². The van der Waals surface area contributed by atoms with Gasteiger partial charge in [-0.25, -0.2) is 14.4 Å². The van der Waals surface area contributed by atoms with Gasteiger partial charge in [0, 0.05) is 55.4 Å². The maximum Gasteiger partial charge on any atom is 0.161 e. The standard InChI is InChI=1S/C22H26FN5/c1-15(2)20-13-25-21(17-4-6-18(23)7-5-17)26-22(20)27-10-8-19(14-27)28-11-9-24-12-16(28)3/h4-8,10,13-16,24H,9,11-12H2,1-3H3. The van der Waals surface area contributed by atoms with Crippen molar-refractivity contribution in [2.45, 2.75) is 32.7 Å². The summed E-state index contributed by atoms with van der Waals surface area (Å²) in [6.45, 7) is 9.50. The van der Waals surface area contributed by atoms with E-state index in [9.17, 15) is 4.39 Å². The van der Waals surface area contributed by atoms with Crippen LogP contribution in [0.1, 0.15) is 32.3 Å². The molecule has 28 heavy (non-hydrogen) atoms. The largest absolute Gasteiger partial charge is 0.365 e. The molecule has 4 rings (SSSR count). The Hall–Kier alpha value is -2.73. The van der Waals surface area contributed by atoms with Crippen LogP contribution in [0.25, 0.3) is 17.2 Å². The van der Waals surface area contributed by atoms with Crippen molar-refractivity contribution in [3.8, 4) is 17.2 Å². The van der Waals surface area contributed by atoms with Gasteiger partial charge in [-0.3, -0.25) is 0 Å². The van der Waals surface area contributed by atoms with Gasteiger partial charge in [0.15, 0.2) is 5.82 Å². The molecule has 0 radical (unpaired) electrons. The molecule has 0 bridgehead atoms. The van der Waals surface area contributed by atoms with Crippen LogP contribution in [0, 0.1) is 5.82 Å². The van der Waals surface area contributed by atoms with E-state index in [-0.39, 0.29) is 5.82 Å². The Morgan fingerprint density at radius 3 is 2.68 bits per heavy atom. The Balaban J connectivity index is 1.73. The van der Waals surface area contributed by atoms with E-state index in [2.05, 4.69) is 59.0 Å². The van der Waals surface area contributed by atoms with E-state index in [0.29, 0.717) is 17.8 Å². The van der Waals surface area contributed by atoms with E-state index < -0.39 is 0 Å². The van der Waals surface area contributed by atoms with Crippen LogP contribution < -0.4 is 10.2 Å². The van der Waals surface area contributed by atoms with Gasteiger partial charge in [-0.1, -0.05) is 13.8 Å². The average Bonchev–Trinajstić information content (AvgIpc) is 3.18. The minimum absolute atomic E-state index is 0.261. The highest BCUT2D eigenvalue weighted by Crippen LogP contribution is 2.27. The number of nitrogens with zero attached hydrogens (tertiary/aromatic N) is 4. The molecule has 1 aliphatic rings. The number of benzene rings is 1. The summed E-state index contributed by atoms with van der Waals surface area (Å²) in [5, 5.41) is 3.43. The van der Waals surface area contributed by atoms with Gasteiger partial charge in [-0.2, -0.15) is 0 Å². The predicted octanol–water partition coefficient (Wildman–Crippen LogP) is 3.99. The van der Waals surface area contributed by atoms with Gasteiger partial charge in [0.1, 0.15) is 11.6 Å². The van der Waals surface area contributed by atoms with Crippen molar-refractivity contribution in [2.75, 3.05) is 24.5 Å². The van der Waals surface area contributed by atoms with E-state index in [0.717, 1.165) is 36.6 Å². The van der Waals surface area contributed by atoms with Crippen LogP contribution in [0.5, 0.6) is 0 Å². The lowest BCUT2D eigenvalue weighted by Gasteiger charge is -2.35. The second-order valence-corrected chi connectivity index (χ2v) is 7.66. The van der Waals surface area contributed by atoms with Crippen LogP contribution >= 0.6 is 0 Å². The molecule has 0 amide bonds. The molecule has 0 saturated carbocycles. The lowest BCUT2D eigenvalue weighted by atomic mass is 10.1. The van der Waals surface area contributed by atoms with Gasteiger partial charge >= 0.3 is 0 Å². The van der Waals surface area contributed by atoms with Gasteiger partial charge in [0.05, 0.1) is 5.69 Å². The molecular weight excluding hydrogens is 353 g/mol. The molecule has 1 saturated heterocycles. The third-order valence-electron chi connectivity index (χ3n) is 5.28. The topological polar surface area (TPSA) is 46.0 Å². The molecule has 1 unspecified atom stereocenters. The zero-order valence-corrected chi connectivity index (χ0v) is 16.6. The molecule has 2 aromatic heterocycles. The number of aromatic nitrogens is 3. The minimum atomic E-state index is -0.261. The number of hydrogen-bond donors (Lipinski definition) is 1. The molecule has 6 heteroatoms. The summed E-state index contributed by atoms with van der Waals surface area (Å²) < 4.78 is 15.4. The second-order valence-electron chi connectivity index (χ2n) is 7.66. The number of rotatable bonds is 4. The highest BCUT2D eigenvalue weighted by atomic mass is 19.1. The van der Waals surface area contributed by atoms with Crippen molar-refractivity contribution in [1.82, 2.24) is 19.9 Å². The van der Waals surface area contributed by atoms with Crippen LogP contribution in [-0.2, 0) is 0 Å². The highest BCUT2D eigenvalue weighted by molar-refractivity contribution is 5.57. The maximum absolute atomic E-state index is 13.3. The Bertz CT molecular complexity index is 948. The zero-order chi connectivity index (χ0) is 19.7. The van der Waals surface area contributed by atoms with E-state index in [4.69, 9.17) is 4.98 Å². The van der Waals surface area contributed by atoms with Crippen molar-refractivity contribution < 1.29 is 4.39 Å². The number of nitrogens with one attached hydrogen (secondary N) is 1. The number of halogens is 1. The molecule has 0 aliphatic carbocycles. The van der Waals surface area contributed by atoms with Crippen molar-refractivity contribution >= 4 is 5.69 Å². The average molecular weight is 379 g/mol. The SMILES string of the molecule is CC(C)c1cnc(-c2ccc(F)cc2)nc1-n1ccc(N2CCNCC2C)c1. The Kier molecular flexibility index (Phi) is 5.13.